The third-order valence-corrected chi connectivity index (χ3v) is 3.49. The molecule has 10 heteroatoms. The zero-order chi connectivity index (χ0) is 15.5. The lowest BCUT2D eigenvalue weighted by molar-refractivity contribution is 0.225. The number of benzene rings is 1. The average molecular weight is 317 g/mol. The van der Waals surface area contributed by atoms with E-state index in [4.69, 9.17) is 14.4 Å². The number of rotatable bonds is 6. The van der Waals surface area contributed by atoms with Crippen LogP contribution in [0.3, 0.4) is 0 Å². The molecule has 0 aliphatic heterocycles. The predicted molar refractivity (Wildman–Crippen MR) is 61.2 cm³/mol. The van der Waals surface area contributed by atoms with Crippen LogP contribution in [-0.2, 0) is 0 Å². The van der Waals surface area contributed by atoms with E-state index < -0.39 is 44.3 Å². The molecule has 114 valence electrons. The van der Waals surface area contributed by atoms with E-state index in [0.29, 0.717) is 0 Å². The molecular formula is C10H12F5NO3Si. The molecule has 0 radical (unpaired) electrons. The highest BCUT2D eigenvalue weighted by atomic mass is 28.4. The summed E-state index contributed by atoms with van der Waals surface area (Å²) in [6.45, 7) is -0.522. The Morgan fingerprint density at radius 3 is 2.10 bits per heavy atom. The summed E-state index contributed by atoms with van der Waals surface area (Å²) in [5, 5.41) is -0.323. The highest BCUT2D eigenvalue weighted by Crippen LogP contribution is 2.26. The van der Waals surface area contributed by atoms with Crippen molar-refractivity contribution in [1.82, 2.24) is 0 Å². The number of hydrogen-bond acceptors (Lipinski definition) is 4. The topological polar surface area (TPSA) is 63.9 Å². The van der Waals surface area contributed by atoms with Crippen LogP contribution in [0.2, 0.25) is 6.04 Å². The molecule has 20 heavy (non-hydrogen) atoms. The molecule has 0 saturated carbocycles. The van der Waals surface area contributed by atoms with Gasteiger partial charge in [-0.25, -0.2) is 22.7 Å². The molecular weight excluding hydrogens is 305 g/mol. The van der Waals surface area contributed by atoms with Crippen molar-refractivity contribution in [2.75, 3.05) is 11.7 Å². The molecule has 1 aromatic rings. The van der Waals surface area contributed by atoms with E-state index in [0.717, 1.165) is 0 Å². The second-order valence-corrected chi connectivity index (χ2v) is 6.19. The summed E-state index contributed by atoms with van der Waals surface area (Å²) >= 11 is 0. The van der Waals surface area contributed by atoms with Crippen LogP contribution >= 0.6 is 0 Å². The monoisotopic (exact) mass is 317 g/mol. The summed E-state index contributed by atoms with van der Waals surface area (Å²) < 4.78 is 65.1. The summed E-state index contributed by atoms with van der Waals surface area (Å²) in [7, 11) is -4.23. The molecule has 0 bridgehead atoms. The van der Waals surface area contributed by atoms with Gasteiger partial charge in [0.15, 0.2) is 23.3 Å². The summed E-state index contributed by atoms with van der Waals surface area (Å²) in [6, 6.07) is -0.174. The molecule has 3 N–H and O–H groups in total. The smallest absolute Gasteiger partial charge is 0.390 e. The maximum Gasteiger partial charge on any atom is 0.492 e. The normalized spacial score (nSPS) is 11.8. The molecule has 1 aromatic carbocycles. The van der Waals surface area contributed by atoms with Gasteiger partial charge >= 0.3 is 8.80 Å². The Labute approximate surface area is 112 Å². The van der Waals surface area contributed by atoms with Crippen LogP contribution in [0, 0.1) is 23.3 Å². The minimum Gasteiger partial charge on any atom is -0.390 e. The van der Waals surface area contributed by atoms with Gasteiger partial charge in [0.1, 0.15) is 5.69 Å². The predicted octanol–water partition coefficient (Wildman–Crippen LogP) is 1.63. The van der Waals surface area contributed by atoms with Crippen LogP contribution in [0.5, 0.6) is 0 Å². The molecule has 0 heterocycles. The van der Waals surface area contributed by atoms with E-state index >= 15 is 0 Å². The van der Waals surface area contributed by atoms with Gasteiger partial charge in [0.05, 0.1) is 6.54 Å². The number of unbranched alkanes of at least 4 members (excludes halogenated alkanes) is 1. The van der Waals surface area contributed by atoms with E-state index in [1.54, 1.807) is 0 Å². The van der Waals surface area contributed by atoms with Crippen molar-refractivity contribution in [2.24, 2.45) is 0 Å². The van der Waals surface area contributed by atoms with Crippen LogP contribution in [0.1, 0.15) is 12.8 Å². The quantitative estimate of drug-likeness (QED) is 0.186. The zero-order valence-corrected chi connectivity index (χ0v) is 11.1. The number of nitrogens with zero attached hydrogens (tertiary/aromatic N) is 1. The molecule has 0 saturated heterocycles. The third-order valence-electron chi connectivity index (χ3n) is 2.46. The fourth-order valence-corrected chi connectivity index (χ4v) is 2.19. The maximum atomic E-state index is 13.5. The van der Waals surface area contributed by atoms with Gasteiger partial charge in [0.2, 0.25) is 0 Å². The Kier molecular flexibility index (Phi) is 5.45. The van der Waals surface area contributed by atoms with Crippen LogP contribution in [-0.4, -0.2) is 29.7 Å². The van der Waals surface area contributed by atoms with Crippen molar-refractivity contribution in [1.29, 1.82) is 0 Å². The first-order valence-electron chi connectivity index (χ1n) is 5.57. The first-order chi connectivity index (χ1) is 9.13. The van der Waals surface area contributed by atoms with E-state index in [1.165, 1.54) is 0 Å². The molecule has 0 aliphatic carbocycles. The number of anilines is 1. The number of halogens is 5. The van der Waals surface area contributed by atoms with Crippen LogP contribution < -0.4 is 5.12 Å². The van der Waals surface area contributed by atoms with Crippen molar-refractivity contribution in [2.45, 2.75) is 18.9 Å². The first kappa shape index (κ1) is 16.8. The summed E-state index contributed by atoms with van der Waals surface area (Å²) in [4.78, 5) is 26.1. The molecule has 0 aromatic heterocycles. The molecule has 0 atom stereocenters. The minimum atomic E-state index is -4.23. The van der Waals surface area contributed by atoms with Crippen molar-refractivity contribution >= 4 is 14.5 Å². The van der Waals surface area contributed by atoms with Gasteiger partial charge in [-0.1, -0.05) is 4.48 Å². The summed E-state index contributed by atoms with van der Waals surface area (Å²) in [6.07, 6.45) is -0.0447. The van der Waals surface area contributed by atoms with Crippen LogP contribution in [0.25, 0.3) is 0 Å². The van der Waals surface area contributed by atoms with E-state index in [2.05, 4.69) is 0 Å². The summed E-state index contributed by atoms with van der Waals surface area (Å²) in [5.41, 5.74) is -1.10. The third kappa shape index (κ3) is 4.40. The lowest BCUT2D eigenvalue weighted by Crippen LogP contribution is -2.34. The van der Waals surface area contributed by atoms with Crippen LogP contribution in [0.15, 0.2) is 6.07 Å². The molecule has 0 fully saturated rings. The minimum absolute atomic E-state index is 0.00389. The average Bonchev–Trinajstić information content (AvgIpc) is 2.35. The Balaban J connectivity index is 2.67. The fourth-order valence-electron chi connectivity index (χ4n) is 1.47. The van der Waals surface area contributed by atoms with Gasteiger partial charge in [-0.15, -0.1) is 0 Å². The highest BCUT2D eigenvalue weighted by molar-refractivity contribution is 6.56. The van der Waals surface area contributed by atoms with E-state index in [9.17, 15) is 22.0 Å². The maximum absolute atomic E-state index is 13.5. The molecule has 0 unspecified atom stereocenters. The number of hydrogen-bond donors (Lipinski definition) is 3. The standard InChI is InChI=1S/C10H12F5NO3Si/c11-6-5-7(9(13)10(14)8(6)12)16(15)3-1-2-4-20(17,18)19/h5,17-19H,1-4H2. The molecule has 0 spiro atoms. The van der Waals surface area contributed by atoms with Gasteiger partial charge in [-0.2, -0.15) is 0 Å². The van der Waals surface area contributed by atoms with Crippen molar-refractivity contribution < 1.29 is 36.4 Å². The van der Waals surface area contributed by atoms with Crippen LogP contribution in [0.4, 0.5) is 27.7 Å². The lowest BCUT2D eigenvalue weighted by atomic mass is 10.2. The van der Waals surface area contributed by atoms with E-state index in [1.807, 2.05) is 0 Å². The second-order valence-electron chi connectivity index (χ2n) is 4.14. The summed E-state index contributed by atoms with van der Waals surface area (Å²) in [5.74, 6) is -7.73. The Morgan fingerprint density at radius 2 is 1.55 bits per heavy atom. The Morgan fingerprint density at radius 1 is 0.950 bits per heavy atom. The first-order valence-corrected chi connectivity index (χ1v) is 7.62. The van der Waals surface area contributed by atoms with Gasteiger partial charge < -0.3 is 14.4 Å². The molecule has 0 amide bonds. The van der Waals surface area contributed by atoms with E-state index in [-0.39, 0.29) is 30.1 Å². The molecule has 0 aliphatic rings. The zero-order valence-electron chi connectivity index (χ0n) is 10.1. The second kappa shape index (κ2) is 6.48. The lowest BCUT2D eigenvalue weighted by Gasteiger charge is -2.16. The Hall–Kier alpha value is -1.23. The molecule has 4 nitrogen and oxygen atoms in total. The van der Waals surface area contributed by atoms with Gasteiger partial charge in [-0.3, -0.25) is 0 Å². The van der Waals surface area contributed by atoms with Crippen molar-refractivity contribution in [3.63, 3.8) is 0 Å². The van der Waals surface area contributed by atoms with Crippen molar-refractivity contribution in [3.05, 3.63) is 29.3 Å². The largest absolute Gasteiger partial charge is 0.492 e. The SMILES string of the molecule is O[Si](O)(O)CCCCN(F)c1cc(F)c(F)c(F)c1F. The van der Waals surface area contributed by atoms with Crippen molar-refractivity contribution in [3.8, 4) is 0 Å². The molecule has 1 rings (SSSR count). The van der Waals surface area contributed by atoms with Gasteiger partial charge in [0.25, 0.3) is 0 Å². The Bertz CT molecular complexity index is 483. The highest BCUT2D eigenvalue weighted by Gasteiger charge is 2.26. The van der Waals surface area contributed by atoms with Gasteiger partial charge in [0, 0.05) is 12.1 Å². The van der Waals surface area contributed by atoms with Gasteiger partial charge in [-0.05, 0) is 12.8 Å². The fraction of sp³-hybridized carbons (Fsp3) is 0.400.